The van der Waals surface area contributed by atoms with Crippen molar-refractivity contribution in [3.8, 4) is 11.5 Å². The normalized spacial score (nSPS) is 15.0. The van der Waals surface area contributed by atoms with E-state index in [1.54, 1.807) is 36.4 Å². The minimum atomic E-state index is -5.12. The van der Waals surface area contributed by atoms with E-state index in [2.05, 4.69) is 0 Å². The summed E-state index contributed by atoms with van der Waals surface area (Å²) in [5.41, 5.74) is 0.932. The van der Waals surface area contributed by atoms with Gasteiger partial charge in [0.05, 0.1) is 0 Å². The van der Waals surface area contributed by atoms with Gasteiger partial charge in [-0.15, -0.1) is 0 Å². The molecule has 1 atom stereocenters. The van der Waals surface area contributed by atoms with Crippen molar-refractivity contribution in [3.63, 3.8) is 0 Å². The largest absolute Gasteiger partial charge is 0.508 e. The first-order chi connectivity index (χ1) is 10.8. The summed E-state index contributed by atoms with van der Waals surface area (Å²) >= 11 is -5.12. The van der Waals surface area contributed by atoms with Crippen LogP contribution >= 0.6 is 0 Å². The molecule has 0 spiro atoms. The number of phenols is 1. The summed E-state index contributed by atoms with van der Waals surface area (Å²) in [5, 5.41) is 8.63. The molecule has 1 aliphatic rings. The minimum Gasteiger partial charge on any atom is -0.508 e. The average molecular weight is 386 g/mol. The predicted octanol–water partition coefficient (Wildman–Crippen LogP) is 1.61. The molecule has 6 nitrogen and oxygen atoms in total. The number of benzene rings is 2. The molecule has 23 heavy (non-hydrogen) atoms. The molecule has 124 valence electrons. The Morgan fingerprint density at radius 3 is 2.00 bits per heavy atom. The van der Waals surface area contributed by atoms with Gasteiger partial charge in [-0.25, -0.2) is 0 Å². The summed E-state index contributed by atoms with van der Waals surface area (Å²) in [6.45, 7) is 0. The van der Waals surface area contributed by atoms with Gasteiger partial charge in [0.1, 0.15) is 11.5 Å². The Labute approximate surface area is 135 Å². The van der Waals surface area contributed by atoms with Crippen LogP contribution < -0.4 is 4.74 Å². The molecule has 0 aliphatic carbocycles. The Balaban J connectivity index is 0.000000191. The fraction of sp³-hybridized carbons (Fsp3) is 0.0667. The number of hydrogen-bond donors (Lipinski definition) is 4. The summed E-state index contributed by atoms with van der Waals surface area (Å²) in [6, 6.07) is 16.1. The van der Waals surface area contributed by atoms with Gasteiger partial charge in [0.25, 0.3) is 6.36 Å². The topological polar surface area (TPSA) is 107 Å². The van der Waals surface area contributed by atoms with Gasteiger partial charge in [0.2, 0.25) is 0 Å². The van der Waals surface area contributed by atoms with Crippen molar-refractivity contribution in [1.82, 2.24) is 0 Å². The number of ether oxygens (including phenoxy) is 1. The van der Waals surface area contributed by atoms with Crippen LogP contribution in [0.15, 0.2) is 60.7 Å². The van der Waals surface area contributed by atoms with Gasteiger partial charge < -0.3 is 9.84 Å². The zero-order valence-electron chi connectivity index (χ0n) is 11.9. The number of fused-ring (bicyclic) bond motifs is 1. The third-order valence-electron chi connectivity index (χ3n) is 2.34. The van der Waals surface area contributed by atoms with Gasteiger partial charge in [-0.2, -0.15) is 4.39 Å². The monoisotopic (exact) mass is 386 g/mol. The van der Waals surface area contributed by atoms with Crippen molar-refractivity contribution in [1.29, 1.82) is 0 Å². The Morgan fingerprint density at radius 1 is 0.957 bits per heavy atom. The molecular weight excluding hydrogens is 370 g/mol. The maximum atomic E-state index is 12.6. The molecule has 0 saturated heterocycles. The third-order valence-corrected chi connectivity index (χ3v) is 2.34. The van der Waals surface area contributed by atoms with Gasteiger partial charge in [0, 0.05) is 5.56 Å². The first-order valence-electron chi connectivity index (χ1n) is 6.36. The van der Waals surface area contributed by atoms with E-state index in [1.807, 2.05) is 24.3 Å². The molecule has 0 bridgehead atoms. The van der Waals surface area contributed by atoms with Gasteiger partial charge in [0.15, 0.2) is 0 Å². The zero-order valence-corrected chi connectivity index (χ0v) is 13.7. The number of alkyl halides is 1. The maximum absolute atomic E-state index is 12.6. The van der Waals surface area contributed by atoms with E-state index in [4.69, 9.17) is 25.9 Å². The van der Waals surface area contributed by atoms with E-state index in [9.17, 15) is 4.39 Å². The van der Waals surface area contributed by atoms with Crippen molar-refractivity contribution in [2.75, 3.05) is 0 Å². The number of halogens is 1. The van der Waals surface area contributed by atoms with Crippen LogP contribution in [-0.2, 0) is 3.74 Å². The number of phenolic OH excluding ortho intramolecular Hbond substituents is 1. The molecule has 0 fully saturated rings. The minimum absolute atomic E-state index is 0.322. The molecule has 2 aromatic rings. The van der Waals surface area contributed by atoms with E-state index >= 15 is 0 Å². The molecule has 3 rings (SSSR count). The molecule has 0 saturated carbocycles. The van der Waals surface area contributed by atoms with Crippen molar-refractivity contribution in [2.45, 2.75) is 6.36 Å². The van der Waals surface area contributed by atoms with Crippen LogP contribution in [0.1, 0.15) is 5.56 Å². The van der Waals surface area contributed by atoms with Gasteiger partial charge >= 0.3 is 30.5 Å². The average Bonchev–Trinajstić information content (AvgIpc) is 2.47. The van der Waals surface area contributed by atoms with Crippen LogP contribution in [0.5, 0.6) is 11.5 Å². The summed E-state index contributed by atoms with van der Waals surface area (Å²) in [6.07, 6.45) is 1.83. The molecule has 4 N–H and O–H groups in total. The van der Waals surface area contributed by atoms with E-state index in [-0.39, 0.29) is 0 Å². The summed E-state index contributed by atoms with van der Waals surface area (Å²) in [4.78, 5) is 0. The number of para-hydroxylation sites is 2. The quantitative estimate of drug-likeness (QED) is 0.513. The third kappa shape index (κ3) is 9.54. The van der Waals surface area contributed by atoms with Crippen LogP contribution in [0.3, 0.4) is 0 Å². The molecule has 0 aromatic heterocycles. The second kappa shape index (κ2) is 9.17. The van der Waals surface area contributed by atoms with Crippen LogP contribution in [0.4, 0.5) is 4.39 Å². The zero-order chi connectivity index (χ0) is 17.3. The number of aromatic hydroxyl groups is 1. The smallest absolute Gasteiger partial charge is 0.115 e. The number of hydrogen-bond acceptors (Lipinski definition) is 3. The Hall–Kier alpha value is -2.05. The van der Waals surface area contributed by atoms with E-state index in [1.165, 1.54) is 6.08 Å². The van der Waals surface area contributed by atoms with Crippen molar-refractivity contribution in [3.05, 3.63) is 66.2 Å². The molecule has 0 amide bonds. The van der Waals surface area contributed by atoms with E-state index < -0.39 is 20.9 Å². The van der Waals surface area contributed by atoms with E-state index in [0.29, 0.717) is 11.5 Å². The first kappa shape index (κ1) is 19.0. The van der Waals surface area contributed by atoms with Crippen molar-refractivity contribution in [2.24, 2.45) is 0 Å². The first-order valence-corrected chi connectivity index (χ1v) is 9.64. The summed E-state index contributed by atoms with van der Waals surface area (Å²) < 4.78 is 48.1. The SMILES string of the molecule is FC1C=Cc2ccccc2O1.O=[As](O)(O)O.Oc1ccccc1. The summed E-state index contributed by atoms with van der Waals surface area (Å²) in [7, 11) is 0. The Bertz CT molecular complexity index is 662. The van der Waals surface area contributed by atoms with Crippen LogP contribution in [0.25, 0.3) is 6.08 Å². The molecule has 0 radical (unpaired) electrons. The molecule has 8 heteroatoms. The fourth-order valence-corrected chi connectivity index (χ4v) is 1.49. The maximum Gasteiger partial charge on any atom is 0.115 e. The summed E-state index contributed by atoms with van der Waals surface area (Å²) in [5.74, 6) is 0.935. The predicted molar refractivity (Wildman–Crippen MR) is 82.2 cm³/mol. The second-order valence-corrected chi connectivity index (χ2v) is 6.37. The van der Waals surface area contributed by atoms with Crippen molar-refractivity contribution < 1.29 is 30.3 Å². The molecule has 1 aliphatic heterocycles. The standard InChI is InChI=1S/C9H7FO.C6H6O.AsH3O4/c10-9-6-5-7-3-1-2-4-8(7)11-9;7-6-4-2-1-3-5-6;2-1(3,4)5/h1-6,9H;1-5,7H;(H3,2,3,4,5). The van der Waals surface area contributed by atoms with Crippen LogP contribution in [0.2, 0.25) is 0 Å². The molecule has 1 heterocycles. The van der Waals surface area contributed by atoms with Crippen molar-refractivity contribution >= 4 is 20.6 Å². The number of rotatable bonds is 0. The van der Waals surface area contributed by atoms with Crippen LogP contribution in [-0.4, -0.2) is 38.3 Å². The molecular formula is C15H16AsFO6. The second-order valence-electron chi connectivity index (χ2n) is 4.21. The molecule has 1 unspecified atom stereocenters. The van der Waals surface area contributed by atoms with Crippen LogP contribution in [0, 0.1) is 0 Å². The fourth-order valence-electron chi connectivity index (χ4n) is 1.49. The Morgan fingerprint density at radius 2 is 1.48 bits per heavy atom. The Kier molecular flexibility index (Phi) is 7.57. The van der Waals surface area contributed by atoms with E-state index in [0.717, 1.165) is 5.56 Å². The molecule has 2 aromatic carbocycles. The van der Waals surface area contributed by atoms with Gasteiger partial charge in [-0.1, -0.05) is 36.4 Å². The van der Waals surface area contributed by atoms with Gasteiger partial charge in [-0.3, -0.25) is 0 Å². The van der Waals surface area contributed by atoms with Gasteiger partial charge in [-0.05, 0) is 30.4 Å².